The number of hydrogen-bond donors (Lipinski definition) is 8. The Labute approximate surface area is 625 Å². The van der Waals surface area contributed by atoms with Gasteiger partial charge in [-0.05, 0) is 49.1 Å². The summed E-state index contributed by atoms with van der Waals surface area (Å²) in [5.74, 6) is -0.654. The Hall–Kier alpha value is -5.40. The van der Waals surface area contributed by atoms with Crippen LogP contribution in [0.3, 0.4) is 0 Å². The quantitative estimate of drug-likeness (QED) is 0.0122. The van der Waals surface area contributed by atoms with E-state index in [1.54, 1.807) is 0 Å². The molecular weight excluding hydrogens is 1580 g/mol. The summed E-state index contributed by atoms with van der Waals surface area (Å²) >= 11 is 22.4. The van der Waals surface area contributed by atoms with Crippen molar-refractivity contribution in [2.45, 2.75) is 139 Å². The van der Waals surface area contributed by atoms with Gasteiger partial charge in [0.15, 0.2) is 18.0 Å². The molecule has 0 amide bonds. The topological polar surface area (TPSA) is 578 Å². The van der Waals surface area contributed by atoms with Gasteiger partial charge >= 0.3 is 29.5 Å². The van der Waals surface area contributed by atoms with Crippen LogP contribution in [0.25, 0.3) is 11.2 Å². The SMILES string of the molecule is Cc1cn([C@H]2C[C@@H](OP(=S)(OCCOCCOCCN)OC[C@H]3O[C@@H](n4ccc(N)nc4=O)C[C@H]3C(C)C)[C@@H](COP([O-])(=S)O[C@@H]3C[C@H](n4cnc5c(=O)[nH]c(N)nc54)O[C@@H]3COP(=O)([S-])O[C@@H]3C[C@H](n4ccc(N)nc4=O)O[C@@H]3COP([O-])(=S)O[C@@H]3C[C@H](n4ccc(=O)[nH]c4=O)O[C@@H]3CO)O2)c(=O)[nH]c1=O. The maximum absolute atomic E-state index is 14.9. The van der Waals surface area contributed by atoms with Crippen LogP contribution in [0.1, 0.15) is 82.7 Å². The van der Waals surface area contributed by atoms with Gasteiger partial charge in [-0.3, -0.25) is 56.7 Å². The molecule has 0 radical (unpaired) electrons. The summed E-state index contributed by atoms with van der Waals surface area (Å²) in [6.07, 6.45) is -11.6. The molecule has 0 saturated carbocycles. The third-order valence-corrected chi connectivity index (χ3v) is 24.6. The first-order valence-corrected chi connectivity index (χ1v) is 43.3. The highest BCUT2D eigenvalue weighted by Gasteiger charge is 2.47. The second-order valence-corrected chi connectivity index (χ2v) is 36.2. The van der Waals surface area contributed by atoms with Crippen molar-refractivity contribution in [2.24, 2.45) is 17.6 Å². The Bertz CT molecular complexity index is 4780. The Balaban J connectivity index is 0.816. The van der Waals surface area contributed by atoms with Crippen LogP contribution < -0.4 is 72.2 Å². The Morgan fingerprint density at radius 2 is 1.07 bits per heavy atom. The zero-order valence-corrected chi connectivity index (χ0v) is 63.8. The molecule has 0 aliphatic carbocycles. The molecule has 43 nitrogen and oxygen atoms in total. The number of anilines is 3. The summed E-state index contributed by atoms with van der Waals surface area (Å²) in [5.41, 5.74) is 17.6. The number of imidazole rings is 1. The fourth-order valence-electron chi connectivity index (χ4n) is 12.4. The number of ether oxygens (including phenoxy) is 7. The van der Waals surface area contributed by atoms with Crippen molar-refractivity contribution in [3.63, 3.8) is 0 Å². The van der Waals surface area contributed by atoms with Gasteiger partial charge in [0.25, 0.3) is 16.7 Å². The van der Waals surface area contributed by atoms with Crippen molar-refractivity contribution < 1.29 is 93.3 Å². The highest BCUT2D eigenvalue weighted by Crippen LogP contribution is 2.57. The molecule has 0 aromatic carbocycles. The molecule has 19 atom stereocenters. The normalized spacial score (nSPS) is 28.3. The summed E-state index contributed by atoms with van der Waals surface area (Å²) < 4.78 is 117. The number of rotatable bonds is 36. The lowest BCUT2D eigenvalue weighted by Gasteiger charge is -2.35. The molecule has 12 N–H and O–H groups in total. The molecule has 5 fully saturated rings. The molecule has 6 aromatic rings. The van der Waals surface area contributed by atoms with Crippen LogP contribution in [-0.4, -0.2) is 190 Å². The zero-order chi connectivity index (χ0) is 76.9. The van der Waals surface area contributed by atoms with Gasteiger partial charge in [0, 0.05) is 68.6 Å². The number of nitrogens with one attached hydrogen (secondary N) is 3. The van der Waals surface area contributed by atoms with Crippen LogP contribution in [0, 0.1) is 18.8 Å². The van der Waals surface area contributed by atoms with Gasteiger partial charge in [-0.25, -0.2) is 24.2 Å². The largest absolute Gasteiger partial charge is 0.780 e. The average molecular weight is 1660 g/mol. The van der Waals surface area contributed by atoms with E-state index in [0.29, 0.717) is 19.6 Å². The minimum absolute atomic E-state index is 0.0181. The number of hydrogen-bond acceptors (Lipinski definition) is 39. The van der Waals surface area contributed by atoms with Crippen molar-refractivity contribution in [1.82, 2.24) is 57.7 Å². The molecule has 4 unspecified atom stereocenters. The maximum atomic E-state index is 14.9. The van der Waals surface area contributed by atoms with E-state index in [1.807, 2.05) is 13.8 Å². The van der Waals surface area contributed by atoms with E-state index in [-0.39, 0.29) is 105 Å². The lowest BCUT2D eigenvalue weighted by atomic mass is 9.89. The van der Waals surface area contributed by atoms with Gasteiger partial charge in [-0.15, -0.1) is 0 Å². The average Bonchev–Trinajstić information content (AvgIpc) is 1.64. The number of H-pyrrole nitrogens is 3. The first-order chi connectivity index (χ1) is 50.8. The van der Waals surface area contributed by atoms with E-state index in [0.717, 1.165) is 26.0 Å². The summed E-state index contributed by atoms with van der Waals surface area (Å²) in [4.78, 5) is 141. The fourth-order valence-corrected chi connectivity index (χ4v) is 18.8. The summed E-state index contributed by atoms with van der Waals surface area (Å²) in [7, 11) is 0. The predicted octanol–water partition coefficient (Wildman–Crippen LogP) is -1.84. The molecular formula is C56H77N16O27P4S4-3. The van der Waals surface area contributed by atoms with E-state index in [4.69, 9.17) is 144 Å². The minimum atomic E-state index is -4.88. The molecule has 590 valence electrons. The smallest absolute Gasteiger partial charge is 0.351 e. The number of nitrogen functional groups attached to an aromatic ring is 3. The molecule has 6 aromatic heterocycles. The van der Waals surface area contributed by atoms with Gasteiger partial charge in [0.1, 0.15) is 80.6 Å². The maximum Gasteiger partial charge on any atom is 0.351 e. The first kappa shape index (κ1) is 82.6. The number of aryl methyl sites for hydroxylation is 1. The fraction of sp³-hybridized carbons (Fsp3) is 0.625. The van der Waals surface area contributed by atoms with Gasteiger partial charge in [0.2, 0.25) is 5.95 Å². The van der Waals surface area contributed by atoms with Crippen molar-refractivity contribution in [1.29, 1.82) is 0 Å². The number of aliphatic hydroxyl groups excluding tert-OH is 1. The van der Waals surface area contributed by atoms with Crippen molar-refractivity contribution in [2.75, 3.05) is 89.8 Å². The number of nitrogens with two attached hydrogens (primary N) is 4. The molecule has 5 aliphatic rings. The van der Waals surface area contributed by atoms with Crippen LogP contribution in [0.15, 0.2) is 82.9 Å². The van der Waals surface area contributed by atoms with E-state index in [1.165, 1.54) is 53.1 Å². The summed E-state index contributed by atoms with van der Waals surface area (Å²) in [6.45, 7) is -15.5. The van der Waals surface area contributed by atoms with Crippen molar-refractivity contribution in [3.05, 3.63) is 128 Å². The lowest BCUT2D eigenvalue weighted by molar-refractivity contribution is -0.216. The van der Waals surface area contributed by atoms with Crippen LogP contribution in [0.2, 0.25) is 0 Å². The summed E-state index contributed by atoms with van der Waals surface area (Å²) in [6, 6.07) is 3.81. The van der Waals surface area contributed by atoms with Gasteiger partial charge in [-0.1, -0.05) is 37.5 Å². The Morgan fingerprint density at radius 3 is 1.65 bits per heavy atom. The van der Waals surface area contributed by atoms with Crippen LogP contribution >= 0.6 is 27.0 Å². The van der Waals surface area contributed by atoms with E-state index < -0.39 is 179 Å². The monoisotopic (exact) mass is 1660 g/mol. The minimum Gasteiger partial charge on any atom is -0.780 e. The molecule has 11 heterocycles. The molecule has 11 rings (SSSR count). The molecule has 5 saturated heterocycles. The highest BCUT2D eigenvalue weighted by molar-refractivity contribution is 8.32. The molecule has 107 heavy (non-hydrogen) atoms. The third kappa shape index (κ3) is 21.0. The van der Waals surface area contributed by atoms with E-state index in [9.17, 15) is 53.0 Å². The van der Waals surface area contributed by atoms with Gasteiger partial charge < -0.3 is 124 Å². The summed E-state index contributed by atoms with van der Waals surface area (Å²) in [5, 5.41) is 10.2. The Morgan fingerprint density at radius 1 is 0.589 bits per heavy atom. The molecule has 5 aliphatic heterocycles. The second kappa shape index (κ2) is 35.5. The molecule has 51 heteroatoms. The van der Waals surface area contributed by atoms with E-state index >= 15 is 0 Å². The molecule has 0 spiro atoms. The van der Waals surface area contributed by atoms with Gasteiger partial charge in [-0.2, -0.15) is 15.0 Å². The number of aromatic amines is 3. The van der Waals surface area contributed by atoms with Crippen LogP contribution in [0.5, 0.6) is 0 Å². The number of aromatic nitrogens is 12. The third-order valence-electron chi connectivity index (χ3n) is 17.5. The van der Waals surface area contributed by atoms with Crippen LogP contribution in [0.4, 0.5) is 17.6 Å². The standard InChI is InChI=1S/C56H80N16O27P4S4/c1-28(2)30-16-43(68-8-4-40(58)62-53(68)77)92-36(30)23-90-103(107,86-15-14-85-13-12-84-11-7-57)99-34-20-46(71-21-29(3)50(75)67-56(71)80)94-39(34)26-89-102(83,106)98-33-19-47(72-27-61-48-49(72)65-52(60)66-51(48)76)95-38(33)25-88-101(82,105)97-32-18-45(69-9-5-41(59)63-54(69)78)93-37(32)24-87-100(81,104)96-31-17-44(91-35(31)22-73)70-10-6-42(74)64-55(70)79/h4-6,8-10,21,27-28,30-39,43-47,73H,7,11-20,22-26,57H2,1-3H3,(H,81,104)(H,82,105)(H,83,106)(H2,58,62,77)(H2,59,63,78)(H,64,74,79)(H,67,75,80)(H3,60,65,66,76)/p-3/t30-,31+,32+,33+,34+,35+,36+,37+,38+,39+,43+,44+,45+,46+,47+,100?,101?,102?,103?/m0/s1. The number of fused-ring (bicyclic) bond motifs is 1. The first-order valence-electron chi connectivity index (χ1n) is 33.0. The zero-order valence-electron chi connectivity index (χ0n) is 57.0. The van der Waals surface area contributed by atoms with E-state index in [2.05, 4.69) is 34.9 Å². The Kier molecular flexibility index (Phi) is 27.4. The van der Waals surface area contributed by atoms with Crippen LogP contribution in [-0.2, 0) is 126 Å². The second-order valence-electron chi connectivity index (χ2n) is 25.2. The molecule has 0 bridgehead atoms. The highest BCUT2D eigenvalue weighted by atomic mass is 32.7. The number of aliphatic hydroxyl groups is 1. The lowest BCUT2D eigenvalue weighted by Crippen LogP contribution is -2.34. The number of nitrogens with zero attached hydrogens (tertiary/aromatic N) is 9. The van der Waals surface area contributed by atoms with Crippen molar-refractivity contribution in [3.8, 4) is 0 Å². The van der Waals surface area contributed by atoms with Crippen molar-refractivity contribution >= 4 is 103 Å². The predicted molar refractivity (Wildman–Crippen MR) is 382 cm³/mol. The van der Waals surface area contributed by atoms with Gasteiger partial charge in [0.05, 0.1) is 103 Å².